The molecule has 0 amide bonds. The van der Waals surface area contributed by atoms with Crippen molar-refractivity contribution in [3.63, 3.8) is 0 Å². The van der Waals surface area contributed by atoms with Crippen LogP contribution in [0, 0.1) is 12.7 Å². The van der Waals surface area contributed by atoms with Crippen LogP contribution in [-0.2, 0) is 0 Å². The first kappa shape index (κ1) is 16.6. The van der Waals surface area contributed by atoms with Gasteiger partial charge in [-0.3, -0.25) is 4.90 Å². The molecule has 6 heteroatoms. The predicted molar refractivity (Wildman–Crippen MR) is 94.2 cm³/mol. The molecule has 0 radical (unpaired) electrons. The Balaban J connectivity index is 1.77. The molecule has 1 unspecified atom stereocenters. The van der Waals surface area contributed by atoms with Gasteiger partial charge in [-0.25, -0.2) is 9.37 Å². The highest BCUT2D eigenvalue weighted by atomic mass is 19.1. The van der Waals surface area contributed by atoms with Gasteiger partial charge in [-0.2, -0.15) is 4.98 Å². The number of benzene rings is 1. The first-order chi connectivity index (χ1) is 11.6. The van der Waals surface area contributed by atoms with Crippen molar-refractivity contribution in [2.75, 3.05) is 30.7 Å². The van der Waals surface area contributed by atoms with E-state index in [4.69, 9.17) is 5.73 Å². The summed E-state index contributed by atoms with van der Waals surface area (Å²) < 4.78 is 13.3. The SMILES string of the molecule is Cc1cc(NCC(c2ccc(F)cc2)N2CCCCC2)nc(N)n1. The molecule has 0 saturated carbocycles. The molecule has 3 rings (SSSR count). The fraction of sp³-hybridized carbons (Fsp3) is 0.444. The van der Waals surface area contributed by atoms with E-state index in [1.165, 1.54) is 31.4 Å². The average Bonchev–Trinajstić information content (AvgIpc) is 2.57. The number of rotatable bonds is 5. The largest absolute Gasteiger partial charge is 0.368 e. The Morgan fingerprint density at radius 2 is 1.88 bits per heavy atom. The highest BCUT2D eigenvalue weighted by Crippen LogP contribution is 2.25. The summed E-state index contributed by atoms with van der Waals surface area (Å²) in [5, 5.41) is 3.37. The summed E-state index contributed by atoms with van der Waals surface area (Å²) in [4.78, 5) is 10.8. The minimum Gasteiger partial charge on any atom is -0.368 e. The number of nitrogen functional groups attached to an aromatic ring is 1. The number of piperidine rings is 1. The lowest BCUT2D eigenvalue weighted by atomic mass is 10.0. The highest BCUT2D eigenvalue weighted by Gasteiger charge is 2.22. The maximum atomic E-state index is 13.3. The summed E-state index contributed by atoms with van der Waals surface area (Å²) in [5.41, 5.74) is 7.67. The van der Waals surface area contributed by atoms with Crippen LogP contribution < -0.4 is 11.1 Å². The van der Waals surface area contributed by atoms with Gasteiger partial charge in [-0.05, 0) is 50.6 Å². The van der Waals surface area contributed by atoms with Crippen molar-refractivity contribution in [1.82, 2.24) is 14.9 Å². The van der Waals surface area contributed by atoms with E-state index in [0.717, 1.165) is 30.2 Å². The molecule has 5 nitrogen and oxygen atoms in total. The molecule has 0 bridgehead atoms. The van der Waals surface area contributed by atoms with E-state index in [9.17, 15) is 4.39 Å². The zero-order valence-electron chi connectivity index (χ0n) is 14.0. The Labute approximate surface area is 142 Å². The molecule has 0 spiro atoms. The number of hydrogen-bond acceptors (Lipinski definition) is 5. The third-order valence-electron chi connectivity index (χ3n) is 4.43. The smallest absolute Gasteiger partial charge is 0.222 e. The van der Waals surface area contributed by atoms with Crippen molar-refractivity contribution in [3.8, 4) is 0 Å². The second-order valence-corrected chi connectivity index (χ2v) is 6.30. The van der Waals surface area contributed by atoms with Crippen LogP contribution in [0.25, 0.3) is 0 Å². The van der Waals surface area contributed by atoms with Gasteiger partial charge in [0.2, 0.25) is 5.95 Å². The Bertz CT molecular complexity index is 647. The van der Waals surface area contributed by atoms with E-state index in [2.05, 4.69) is 20.2 Å². The summed E-state index contributed by atoms with van der Waals surface area (Å²) >= 11 is 0. The second-order valence-electron chi connectivity index (χ2n) is 6.30. The van der Waals surface area contributed by atoms with Crippen LogP contribution in [-0.4, -0.2) is 34.5 Å². The number of nitrogens with zero attached hydrogens (tertiary/aromatic N) is 3. The quantitative estimate of drug-likeness (QED) is 0.882. The molecule has 1 aliphatic rings. The van der Waals surface area contributed by atoms with E-state index >= 15 is 0 Å². The van der Waals surface area contributed by atoms with Crippen molar-refractivity contribution >= 4 is 11.8 Å². The molecule has 1 aromatic carbocycles. The standard InChI is InChI=1S/C18H24FN5/c1-13-11-17(23-18(20)22-13)21-12-16(24-9-3-2-4-10-24)14-5-7-15(19)8-6-14/h5-8,11,16H,2-4,9-10,12H2,1H3,(H3,20,21,22,23). The summed E-state index contributed by atoms with van der Waals surface area (Å²) in [6.07, 6.45) is 3.69. The van der Waals surface area contributed by atoms with Gasteiger partial charge in [0, 0.05) is 18.3 Å². The van der Waals surface area contributed by atoms with E-state index in [1.54, 1.807) is 0 Å². The zero-order valence-corrected chi connectivity index (χ0v) is 14.0. The summed E-state index contributed by atoms with van der Waals surface area (Å²) in [6, 6.07) is 8.86. The van der Waals surface area contributed by atoms with Crippen molar-refractivity contribution in [1.29, 1.82) is 0 Å². The lowest BCUT2D eigenvalue weighted by Gasteiger charge is -2.35. The van der Waals surface area contributed by atoms with E-state index < -0.39 is 0 Å². The number of anilines is 2. The highest BCUT2D eigenvalue weighted by molar-refractivity contribution is 5.40. The number of aryl methyl sites for hydroxylation is 1. The third kappa shape index (κ3) is 4.20. The van der Waals surface area contributed by atoms with Crippen LogP contribution in [0.4, 0.5) is 16.2 Å². The lowest BCUT2D eigenvalue weighted by molar-refractivity contribution is 0.170. The number of hydrogen-bond donors (Lipinski definition) is 2. The first-order valence-corrected chi connectivity index (χ1v) is 8.46. The van der Waals surface area contributed by atoms with Gasteiger partial charge in [0.1, 0.15) is 11.6 Å². The second kappa shape index (κ2) is 7.57. The van der Waals surface area contributed by atoms with Crippen LogP contribution in [0.1, 0.15) is 36.6 Å². The molecule has 1 fully saturated rings. The number of likely N-dealkylation sites (tertiary alicyclic amines) is 1. The molecule has 1 aliphatic heterocycles. The maximum absolute atomic E-state index is 13.3. The first-order valence-electron chi connectivity index (χ1n) is 8.46. The monoisotopic (exact) mass is 329 g/mol. The maximum Gasteiger partial charge on any atom is 0.222 e. The normalized spacial score (nSPS) is 16.8. The van der Waals surface area contributed by atoms with Crippen LogP contribution in [0.3, 0.4) is 0 Å². The van der Waals surface area contributed by atoms with Crippen LogP contribution in [0.2, 0.25) is 0 Å². The Hall–Kier alpha value is -2.21. The fourth-order valence-electron chi connectivity index (χ4n) is 3.26. The Morgan fingerprint density at radius 1 is 1.17 bits per heavy atom. The minimum atomic E-state index is -0.205. The van der Waals surface area contributed by atoms with Gasteiger partial charge in [0.15, 0.2) is 0 Å². The lowest BCUT2D eigenvalue weighted by Crippen LogP contribution is -2.37. The molecule has 0 aliphatic carbocycles. The van der Waals surface area contributed by atoms with Crippen molar-refractivity contribution in [2.24, 2.45) is 0 Å². The van der Waals surface area contributed by atoms with Gasteiger partial charge in [0.05, 0.1) is 6.04 Å². The summed E-state index contributed by atoms with van der Waals surface area (Å²) in [5.74, 6) is 0.793. The molecule has 1 saturated heterocycles. The van der Waals surface area contributed by atoms with E-state index in [0.29, 0.717) is 6.54 Å². The molecular weight excluding hydrogens is 305 g/mol. The zero-order chi connectivity index (χ0) is 16.9. The Kier molecular flexibility index (Phi) is 5.25. The molecule has 2 heterocycles. The molecular formula is C18H24FN5. The molecule has 3 N–H and O–H groups in total. The van der Waals surface area contributed by atoms with Gasteiger partial charge < -0.3 is 11.1 Å². The van der Waals surface area contributed by atoms with Crippen LogP contribution in [0.15, 0.2) is 30.3 Å². The van der Waals surface area contributed by atoms with E-state index in [1.807, 2.05) is 25.1 Å². The van der Waals surface area contributed by atoms with E-state index in [-0.39, 0.29) is 17.8 Å². The average molecular weight is 329 g/mol. The van der Waals surface area contributed by atoms with Crippen LogP contribution >= 0.6 is 0 Å². The summed E-state index contributed by atoms with van der Waals surface area (Å²) in [7, 11) is 0. The van der Waals surface area contributed by atoms with Gasteiger partial charge >= 0.3 is 0 Å². The topological polar surface area (TPSA) is 67.1 Å². The fourth-order valence-corrected chi connectivity index (χ4v) is 3.26. The summed E-state index contributed by atoms with van der Waals surface area (Å²) in [6.45, 7) is 4.72. The molecule has 2 aromatic rings. The van der Waals surface area contributed by atoms with Crippen molar-refractivity contribution in [3.05, 3.63) is 47.4 Å². The third-order valence-corrected chi connectivity index (χ3v) is 4.43. The van der Waals surface area contributed by atoms with Crippen LogP contribution in [0.5, 0.6) is 0 Å². The molecule has 1 atom stereocenters. The number of halogens is 1. The van der Waals surface area contributed by atoms with Crippen molar-refractivity contribution in [2.45, 2.75) is 32.2 Å². The Morgan fingerprint density at radius 3 is 2.54 bits per heavy atom. The molecule has 1 aromatic heterocycles. The molecule has 24 heavy (non-hydrogen) atoms. The number of nitrogens with two attached hydrogens (primary N) is 1. The number of aromatic nitrogens is 2. The predicted octanol–water partition coefficient (Wildman–Crippen LogP) is 3.15. The van der Waals surface area contributed by atoms with Gasteiger partial charge in [-0.1, -0.05) is 18.6 Å². The van der Waals surface area contributed by atoms with Gasteiger partial charge in [-0.15, -0.1) is 0 Å². The minimum absolute atomic E-state index is 0.183. The number of nitrogens with one attached hydrogen (secondary N) is 1. The molecule has 128 valence electrons. The van der Waals surface area contributed by atoms with Crippen molar-refractivity contribution < 1.29 is 4.39 Å². The van der Waals surface area contributed by atoms with Gasteiger partial charge in [0.25, 0.3) is 0 Å².